The Morgan fingerprint density at radius 1 is 1.00 bits per heavy atom. The van der Waals surface area contributed by atoms with Crippen LogP contribution in [0.25, 0.3) is 17.2 Å². The van der Waals surface area contributed by atoms with Crippen LogP contribution in [0.15, 0.2) is 54.6 Å². The van der Waals surface area contributed by atoms with Gasteiger partial charge in [-0.25, -0.2) is 10.1 Å². The molecule has 136 valence electrons. The fourth-order valence-electron chi connectivity index (χ4n) is 3.08. The lowest BCUT2D eigenvalue weighted by molar-refractivity contribution is -0.122. The third kappa shape index (κ3) is 5.53. The van der Waals surface area contributed by atoms with E-state index < -0.39 is 0 Å². The van der Waals surface area contributed by atoms with Crippen LogP contribution in [-0.4, -0.2) is 19.0 Å². The number of hydrogen-bond acceptors (Lipinski definition) is 3. The van der Waals surface area contributed by atoms with E-state index in [2.05, 4.69) is 46.8 Å². The van der Waals surface area contributed by atoms with Crippen LogP contribution < -0.4 is 10.4 Å². The quantitative estimate of drug-likeness (QED) is 0.263. The number of amides is 1. The molecule has 26 heavy (non-hydrogen) atoms. The second-order valence-electron chi connectivity index (χ2n) is 6.20. The van der Waals surface area contributed by atoms with Gasteiger partial charge >= 0.3 is 0 Å². The molecule has 1 unspecified atom stereocenters. The summed E-state index contributed by atoms with van der Waals surface area (Å²) in [4.78, 5) is 14.0. The normalized spacial score (nSPS) is 15.0. The fraction of sp³-hybridized carbons (Fsp3) is 0.250. The third-order valence-corrected chi connectivity index (χ3v) is 5.29. The molecular weight excluding hydrogens is 458 g/mol. The van der Waals surface area contributed by atoms with Crippen molar-refractivity contribution in [3.63, 3.8) is 0 Å². The summed E-state index contributed by atoms with van der Waals surface area (Å²) in [6.07, 6.45) is 7.18. The third-order valence-electron chi connectivity index (χ3n) is 4.45. The molecule has 1 heterocycles. The van der Waals surface area contributed by atoms with E-state index >= 15 is 0 Å². The molecule has 0 radical (unpaired) electrons. The van der Waals surface area contributed by atoms with Crippen LogP contribution in [0.4, 0.5) is 5.69 Å². The number of hydrogen-bond donors (Lipinski definition) is 1. The molecule has 0 saturated carbocycles. The van der Waals surface area contributed by atoms with Gasteiger partial charge in [0.25, 0.3) is 5.91 Å². The van der Waals surface area contributed by atoms with E-state index in [1.165, 1.54) is 42.2 Å². The van der Waals surface area contributed by atoms with E-state index in [-0.39, 0.29) is 12.4 Å². The van der Waals surface area contributed by atoms with Gasteiger partial charge in [0.15, 0.2) is 0 Å². The maximum Gasteiger partial charge on any atom is 0.267 e. The Bertz CT molecular complexity index is 741. The minimum absolute atomic E-state index is 0.205. The van der Waals surface area contributed by atoms with E-state index in [1.807, 2.05) is 34.2 Å². The number of benzene rings is 2. The van der Waals surface area contributed by atoms with Crippen molar-refractivity contribution in [1.29, 1.82) is 0 Å². The molecule has 6 heteroatoms. The van der Waals surface area contributed by atoms with Crippen LogP contribution in [0, 0.1) is 0 Å². The lowest BCUT2D eigenvalue weighted by atomic mass is 10.0. The van der Waals surface area contributed by atoms with E-state index in [0.29, 0.717) is 0 Å². The lowest BCUT2D eigenvalue weighted by Crippen LogP contribution is -2.29. The van der Waals surface area contributed by atoms with Crippen molar-refractivity contribution >= 4 is 46.2 Å². The van der Waals surface area contributed by atoms with Gasteiger partial charge in [0, 0.05) is 24.9 Å². The molecule has 3 rings (SSSR count). The molecule has 1 N–H and O–H groups in total. The van der Waals surface area contributed by atoms with Gasteiger partial charge in [-0.1, -0.05) is 36.4 Å². The highest BCUT2D eigenvalue weighted by Gasteiger charge is 2.10. The van der Waals surface area contributed by atoms with Crippen LogP contribution in [0.1, 0.15) is 24.8 Å². The number of anilines is 1. The zero-order chi connectivity index (χ0) is 18.2. The number of carbonyl (C=O) groups is 1. The van der Waals surface area contributed by atoms with Gasteiger partial charge in [0.2, 0.25) is 0 Å². The molecule has 1 fully saturated rings. The summed E-state index contributed by atoms with van der Waals surface area (Å²) in [6, 6.07) is 17.0. The first kappa shape index (κ1) is 19.3. The van der Waals surface area contributed by atoms with Crippen LogP contribution in [0.2, 0.25) is 0 Å². The Morgan fingerprint density at radius 3 is 2.23 bits per heavy atom. The predicted molar refractivity (Wildman–Crippen MR) is 119 cm³/mol. The second kappa shape index (κ2) is 10.0. The first-order chi connectivity index (χ1) is 12.8. The van der Waals surface area contributed by atoms with Crippen molar-refractivity contribution in [2.75, 3.05) is 18.0 Å². The summed E-state index contributed by atoms with van der Waals surface area (Å²) in [5, 5.41) is 0. The molecule has 0 aliphatic carbocycles. The number of carbonyl (C=O) groups excluding carboxylic acids is 1. The van der Waals surface area contributed by atoms with Crippen molar-refractivity contribution in [2.45, 2.75) is 19.3 Å². The summed E-state index contributed by atoms with van der Waals surface area (Å²) in [5.41, 5.74) is 7.01. The fourth-order valence-corrected chi connectivity index (χ4v) is 3.55. The van der Waals surface area contributed by atoms with Crippen LogP contribution >= 0.6 is 28.5 Å². The number of halogens is 1. The summed E-state index contributed by atoms with van der Waals surface area (Å²) in [6.45, 7) is 2.53. The molecule has 1 amide bonds. The van der Waals surface area contributed by atoms with E-state index in [0.717, 1.165) is 18.7 Å². The number of nitrogens with zero attached hydrogens (tertiary/aromatic N) is 1. The van der Waals surface area contributed by atoms with Crippen molar-refractivity contribution in [2.24, 2.45) is 0 Å². The first-order valence-electron chi connectivity index (χ1n) is 8.71. The molecule has 4 nitrogen and oxygen atoms in total. The van der Waals surface area contributed by atoms with Crippen LogP contribution in [-0.2, 0) is 9.42 Å². The smallest absolute Gasteiger partial charge is 0.267 e. The maximum absolute atomic E-state index is 11.5. The van der Waals surface area contributed by atoms with Gasteiger partial charge in [-0.15, -0.1) is 0 Å². The van der Waals surface area contributed by atoms with Crippen molar-refractivity contribution in [3.8, 4) is 11.1 Å². The number of piperidine rings is 1. The monoisotopic (exact) mass is 480 g/mol. The highest BCUT2D eigenvalue weighted by atomic mass is 127. The Kier molecular flexibility index (Phi) is 7.47. The molecule has 0 aromatic heterocycles. The zero-order valence-corrected chi connectivity index (χ0v) is 17.6. The van der Waals surface area contributed by atoms with E-state index in [9.17, 15) is 4.79 Å². The van der Waals surface area contributed by atoms with Crippen molar-refractivity contribution < 1.29 is 9.42 Å². The first-order valence-corrected chi connectivity index (χ1v) is 12.7. The van der Waals surface area contributed by atoms with Gasteiger partial charge in [-0.2, -0.15) is 0 Å². The second-order valence-corrected chi connectivity index (χ2v) is 7.88. The van der Waals surface area contributed by atoms with Gasteiger partial charge in [-0.05, 0) is 76.2 Å². The summed E-state index contributed by atoms with van der Waals surface area (Å²) in [7, 11) is 0. The highest BCUT2D eigenvalue weighted by molar-refractivity contribution is 14.2. The minimum Gasteiger partial charge on any atom is -0.372 e. The summed E-state index contributed by atoms with van der Waals surface area (Å²) in [5.74, 6) is -0.258. The predicted octanol–water partition coefficient (Wildman–Crippen LogP) is 5.35. The number of rotatable bonds is 6. The average molecular weight is 480 g/mol. The lowest BCUT2D eigenvalue weighted by Gasteiger charge is -2.28. The van der Waals surface area contributed by atoms with Crippen molar-refractivity contribution in [1.82, 2.24) is 5.48 Å². The molecule has 0 spiro atoms. The molecule has 2 aromatic carbocycles. The van der Waals surface area contributed by atoms with Crippen molar-refractivity contribution in [3.05, 3.63) is 60.2 Å². The van der Waals surface area contributed by atoms with E-state index in [4.69, 9.17) is 4.62 Å². The van der Waals surface area contributed by atoms with Gasteiger partial charge in [-0.3, -0.25) is 4.79 Å². The SMILES string of the molecule is O=C(/C=C/c1ccc(-c2ccc(N3CCCCC3)cc2)cc1)NOPI. The van der Waals surface area contributed by atoms with Crippen LogP contribution in [0.3, 0.4) is 0 Å². The maximum atomic E-state index is 11.5. The highest BCUT2D eigenvalue weighted by Crippen LogP contribution is 2.25. The molecule has 1 atom stereocenters. The molecule has 1 saturated heterocycles. The molecular formula is C20H22IN2O2P. The summed E-state index contributed by atoms with van der Waals surface area (Å²) < 4.78 is 4.87. The Morgan fingerprint density at radius 2 is 1.62 bits per heavy atom. The zero-order valence-electron chi connectivity index (χ0n) is 14.5. The van der Waals surface area contributed by atoms with Crippen LogP contribution in [0.5, 0.6) is 0 Å². The van der Waals surface area contributed by atoms with Gasteiger partial charge in [0.05, 0.1) is 0 Å². The minimum atomic E-state index is -0.258. The molecule has 1 aliphatic rings. The van der Waals surface area contributed by atoms with Gasteiger partial charge in [0.1, 0.15) is 6.45 Å². The molecule has 2 aromatic rings. The topological polar surface area (TPSA) is 41.6 Å². The average Bonchev–Trinajstić information content (AvgIpc) is 2.72. The largest absolute Gasteiger partial charge is 0.372 e. The number of nitrogens with one attached hydrogen (secondary N) is 1. The standard InChI is InChI=1S/C20H22IN2O2P/c21-26-25-22-20(24)13-6-16-4-7-17(8-5-16)18-9-11-19(12-10-18)23-14-2-1-3-15-23/h4-13,26H,1-3,14-15H2,(H,22,24)/b13-6+. The van der Waals surface area contributed by atoms with E-state index in [1.54, 1.807) is 6.08 Å². The molecule has 0 bridgehead atoms. The summed E-state index contributed by atoms with van der Waals surface area (Å²) >= 11 is 2.05. The van der Waals surface area contributed by atoms with Gasteiger partial charge < -0.3 is 4.90 Å². The Labute approximate surface area is 169 Å². The Hall–Kier alpha value is -1.43. The number of hydroxylamine groups is 1. The molecule has 1 aliphatic heterocycles. The Balaban J connectivity index is 1.62.